The molecule has 1 rings (SSSR count). The van der Waals surface area contributed by atoms with Crippen molar-refractivity contribution < 1.29 is 4.79 Å². The van der Waals surface area contributed by atoms with E-state index in [4.69, 9.17) is 5.26 Å². The Hall–Kier alpha value is -1.82. The van der Waals surface area contributed by atoms with Gasteiger partial charge in [-0.3, -0.25) is 4.79 Å². The summed E-state index contributed by atoms with van der Waals surface area (Å²) in [4.78, 5) is 13.8. The van der Waals surface area contributed by atoms with Gasteiger partial charge in [0.15, 0.2) is 6.29 Å². The maximum atomic E-state index is 10.6. The van der Waals surface area contributed by atoms with Crippen LogP contribution in [0.5, 0.6) is 0 Å². The van der Waals surface area contributed by atoms with Crippen molar-refractivity contribution in [2.45, 2.75) is 122 Å². The highest BCUT2D eigenvalue weighted by molar-refractivity contribution is 5.71. The van der Waals surface area contributed by atoms with Crippen LogP contribution in [0.15, 0.2) is 24.3 Å². The summed E-state index contributed by atoms with van der Waals surface area (Å²) in [6.07, 6.45) is 29.6. The number of aromatic amines is 1. The highest BCUT2D eigenvalue weighted by Gasteiger charge is 1.97. The van der Waals surface area contributed by atoms with Crippen LogP contribution in [-0.4, -0.2) is 11.3 Å². The minimum absolute atomic E-state index is 0.684. The van der Waals surface area contributed by atoms with E-state index in [2.05, 4.69) is 23.2 Å². The molecule has 1 N–H and O–H groups in total. The zero-order valence-electron chi connectivity index (χ0n) is 19.2. The first-order valence-corrected chi connectivity index (χ1v) is 12.5. The molecule has 3 heteroatoms. The maximum absolute atomic E-state index is 10.6. The summed E-state index contributed by atoms with van der Waals surface area (Å²) in [7, 11) is 0. The van der Waals surface area contributed by atoms with Crippen molar-refractivity contribution in [2.75, 3.05) is 0 Å². The molecule has 168 valence electrons. The zero-order valence-corrected chi connectivity index (χ0v) is 19.2. The molecule has 0 aliphatic heterocycles. The van der Waals surface area contributed by atoms with E-state index < -0.39 is 0 Å². The minimum atomic E-state index is 0.684. The molecule has 3 nitrogen and oxygen atoms in total. The van der Waals surface area contributed by atoms with Gasteiger partial charge in [-0.2, -0.15) is 5.26 Å². The molecule has 0 radical (unpaired) electrons. The number of nitrogens with zero attached hydrogens (tertiary/aromatic N) is 1. The quantitative estimate of drug-likeness (QED) is 0.125. The second kappa shape index (κ2) is 20.5. The predicted octanol–water partition coefficient (Wildman–Crippen LogP) is 8.47. The van der Waals surface area contributed by atoms with Gasteiger partial charge >= 0.3 is 0 Å². The van der Waals surface area contributed by atoms with Crippen LogP contribution >= 0.6 is 0 Å². The van der Waals surface area contributed by atoms with Crippen molar-refractivity contribution in [1.82, 2.24) is 4.98 Å². The maximum Gasteiger partial charge on any atom is 0.166 e. The van der Waals surface area contributed by atoms with Crippen LogP contribution in [0.3, 0.4) is 0 Å². The number of aldehydes is 1. The number of unbranched alkanes of at least 4 members (excludes halogenated alkanes) is 16. The number of carbonyl (C=O) groups excluding carboxylic acids is 1. The number of H-pyrrole nitrogens is 1. The molecule has 30 heavy (non-hydrogen) atoms. The highest BCUT2D eigenvalue weighted by Crippen LogP contribution is 2.13. The Balaban J connectivity index is 1.74. The van der Waals surface area contributed by atoms with E-state index in [1.807, 2.05) is 12.1 Å². The number of nitriles is 1. The summed E-state index contributed by atoms with van der Waals surface area (Å²) >= 11 is 0. The van der Waals surface area contributed by atoms with Gasteiger partial charge in [0.25, 0.3) is 0 Å². The van der Waals surface area contributed by atoms with E-state index >= 15 is 0 Å². The summed E-state index contributed by atoms with van der Waals surface area (Å²) in [5, 5.41) is 8.49. The topological polar surface area (TPSA) is 56.6 Å². The fourth-order valence-corrected chi connectivity index (χ4v) is 3.90. The predicted molar refractivity (Wildman–Crippen MR) is 128 cm³/mol. The van der Waals surface area contributed by atoms with E-state index in [9.17, 15) is 4.79 Å². The second-order valence-electron chi connectivity index (χ2n) is 8.57. The Bertz CT molecular complexity index is 582. The first kappa shape index (κ1) is 26.2. The number of hydrogen-bond donors (Lipinski definition) is 1. The third-order valence-electron chi connectivity index (χ3n) is 5.79. The Morgan fingerprint density at radius 3 is 1.70 bits per heavy atom. The summed E-state index contributed by atoms with van der Waals surface area (Å²) in [6.45, 7) is 0. The van der Waals surface area contributed by atoms with Gasteiger partial charge in [-0.25, -0.2) is 0 Å². The number of rotatable bonds is 21. The van der Waals surface area contributed by atoms with E-state index in [0.717, 1.165) is 25.5 Å². The van der Waals surface area contributed by atoms with Gasteiger partial charge in [0, 0.05) is 12.1 Å². The molecule has 0 bridgehead atoms. The SMILES string of the molecule is N#CCCCCCCCCCCCCCC/C=C\CCCCCc1ccc(C=O)[nH]1. The largest absolute Gasteiger partial charge is 0.356 e. The Morgan fingerprint density at radius 1 is 0.700 bits per heavy atom. The number of nitrogens with one attached hydrogen (secondary N) is 1. The van der Waals surface area contributed by atoms with Gasteiger partial charge in [-0.05, 0) is 57.1 Å². The standard InChI is InChI=1S/C27H44N2O/c28-24-20-18-16-14-12-10-8-6-4-2-1-3-5-7-9-11-13-15-17-19-21-26-22-23-27(25-30)29-26/h9,11,22-23,25,29H,1-8,10,12-21H2/b11-9-. The van der Waals surface area contributed by atoms with Gasteiger partial charge in [0.05, 0.1) is 11.8 Å². The Labute approximate surface area is 185 Å². The second-order valence-corrected chi connectivity index (χ2v) is 8.57. The van der Waals surface area contributed by atoms with Crippen LogP contribution in [0.4, 0.5) is 0 Å². The van der Waals surface area contributed by atoms with E-state index in [1.165, 1.54) is 108 Å². The van der Waals surface area contributed by atoms with Crippen LogP contribution in [0.1, 0.15) is 132 Å². The molecular weight excluding hydrogens is 368 g/mol. The van der Waals surface area contributed by atoms with E-state index in [-0.39, 0.29) is 0 Å². The lowest BCUT2D eigenvalue weighted by molar-refractivity contribution is 0.111. The summed E-state index contributed by atoms with van der Waals surface area (Å²) in [6, 6.07) is 6.10. The lowest BCUT2D eigenvalue weighted by Crippen LogP contribution is -1.87. The molecule has 0 atom stereocenters. The molecule has 0 aromatic carbocycles. The monoisotopic (exact) mass is 412 g/mol. The van der Waals surface area contributed by atoms with Crippen LogP contribution < -0.4 is 0 Å². The van der Waals surface area contributed by atoms with E-state index in [0.29, 0.717) is 5.69 Å². The van der Waals surface area contributed by atoms with Crippen LogP contribution in [0.2, 0.25) is 0 Å². The minimum Gasteiger partial charge on any atom is -0.356 e. The van der Waals surface area contributed by atoms with Crippen molar-refractivity contribution in [1.29, 1.82) is 5.26 Å². The summed E-state index contributed by atoms with van der Waals surface area (Å²) in [5.74, 6) is 0. The van der Waals surface area contributed by atoms with Crippen molar-refractivity contribution in [3.8, 4) is 6.07 Å². The molecule has 0 aliphatic rings. The number of aryl methyl sites for hydroxylation is 1. The fourth-order valence-electron chi connectivity index (χ4n) is 3.90. The first-order valence-electron chi connectivity index (χ1n) is 12.5. The molecule has 0 fully saturated rings. The lowest BCUT2D eigenvalue weighted by atomic mass is 10.0. The summed E-state index contributed by atoms with van der Waals surface area (Å²) < 4.78 is 0. The molecule has 0 saturated carbocycles. The molecule has 0 unspecified atom stereocenters. The molecule has 1 aromatic rings. The molecular formula is C27H44N2O. The van der Waals surface area contributed by atoms with Gasteiger partial charge in [-0.15, -0.1) is 0 Å². The lowest BCUT2D eigenvalue weighted by Gasteiger charge is -2.02. The average Bonchev–Trinajstić information content (AvgIpc) is 3.23. The number of aromatic nitrogens is 1. The van der Waals surface area contributed by atoms with Crippen molar-refractivity contribution in [3.05, 3.63) is 35.7 Å². The van der Waals surface area contributed by atoms with Crippen LogP contribution in [0.25, 0.3) is 0 Å². The summed E-state index contributed by atoms with van der Waals surface area (Å²) in [5.41, 5.74) is 1.86. The Morgan fingerprint density at radius 2 is 1.20 bits per heavy atom. The third kappa shape index (κ3) is 16.0. The molecule has 1 heterocycles. The van der Waals surface area contributed by atoms with Crippen molar-refractivity contribution in [2.24, 2.45) is 0 Å². The Kier molecular flexibility index (Phi) is 17.9. The third-order valence-corrected chi connectivity index (χ3v) is 5.79. The molecule has 0 amide bonds. The molecule has 0 aliphatic carbocycles. The van der Waals surface area contributed by atoms with Crippen molar-refractivity contribution >= 4 is 6.29 Å². The highest BCUT2D eigenvalue weighted by atomic mass is 16.1. The number of allylic oxidation sites excluding steroid dienone is 2. The number of carbonyl (C=O) groups is 1. The molecule has 0 spiro atoms. The van der Waals surface area contributed by atoms with E-state index in [1.54, 1.807) is 0 Å². The zero-order chi connectivity index (χ0) is 21.5. The van der Waals surface area contributed by atoms with Gasteiger partial charge < -0.3 is 4.98 Å². The van der Waals surface area contributed by atoms with Crippen LogP contribution in [-0.2, 0) is 6.42 Å². The number of hydrogen-bond acceptors (Lipinski definition) is 2. The first-order chi connectivity index (χ1) is 14.9. The molecule has 1 aromatic heterocycles. The fraction of sp³-hybridized carbons (Fsp3) is 0.704. The average molecular weight is 413 g/mol. The van der Waals surface area contributed by atoms with Gasteiger partial charge in [0.1, 0.15) is 0 Å². The van der Waals surface area contributed by atoms with Gasteiger partial charge in [0.2, 0.25) is 0 Å². The molecule has 0 saturated heterocycles. The van der Waals surface area contributed by atoms with Gasteiger partial charge in [-0.1, -0.05) is 82.8 Å². The van der Waals surface area contributed by atoms with Crippen LogP contribution in [0, 0.1) is 11.3 Å². The van der Waals surface area contributed by atoms with Crippen molar-refractivity contribution in [3.63, 3.8) is 0 Å². The normalized spacial score (nSPS) is 11.2. The smallest absolute Gasteiger partial charge is 0.166 e.